The summed E-state index contributed by atoms with van der Waals surface area (Å²) < 4.78 is 5.21. The lowest BCUT2D eigenvalue weighted by molar-refractivity contribution is -0.138. The zero-order chi connectivity index (χ0) is 10.8. The average molecular weight is 197 g/mol. The SMILES string of the molecule is CCc1occc1[C@](C)(N)CC(=O)O. The first-order valence-electron chi connectivity index (χ1n) is 4.55. The van der Waals surface area contributed by atoms with Gasteiger partial charge in [-0.1, -0.05) is 6.92 Å². The number of carboxylic acid groups (broad SMARTS) is 1. The van der Waals surface area contributed by atoms with Crippen molar-refractivity contribution in [2.75, 3.05) is 0 Å². The molecule has 1 atom stereocenters. The number of rotatable bonds is 4. The number of furan rings is 1. The maximum Gasteiger partial charge on any atom is 0.305 e. The Hall–Kier alpha value is -1.29. The minimum atomic E-state index is -0.904. The molecule has 1 rings (SSSR count). The molecular weight excluding hydrogens is 182 g/mol. The van der Waals surface area contributed by atoms with Crippen LogP contribution in [-0.2, 0) is 16.8 Å². The molecule has 1 heterocycles. The van der Waals surface area contributed by atoms with Crippen molar-refractivity contribution >= 4 is 5.97 Å². The van der Waals surface area contributed by atoms with Crippen molar-refractivity contribution < 1.29 is 14.3 Å². The number of carboxylic acids is 1. The van der Waals surface area contributed by atoms with Crippen LogP contribution in [0.3, 0.4) is 0 Å². The van der Waals surface area contributed by atoms with Crippen LogP contribution in [0.1, 0.15) is 31.6 Å². The first-order valence-corrected chi connectivity index (χ1v) is 4.55. The minimum Gasteiger partial charge on any atom is -0.481 e. The van der Waals surface area contributed by atoms with Gasteiger partial charge in [-0.05, 0) is 13.0 Å². The molecule has 0 saturated heterocycles. The minimum absolute atomic E-state index is 0.0977. The highest BCUT2D eigenvalue weighted by atomic mass is 16.4. The molecule has 0 amide bonds. The van der Waals surface area contributed by atoms with E-state index in [-0.39, 0.29) is 6.42 Å². The summed E-state index contributed by atoms with van der Waals surface area (Å²) in [5, 5.41) is 8.70. The highest BCUT2D eigenvalue weighted by Crippen LogP contribution is 2.26. The van der Waals surface area contributed by atoms with Gasteiger partial charge in [0.15, 0.2) is 0 Å². The number of aliphatic carboxylic acids is 1. The van der Waals surface area contributed by atoms with E-state index in [9.17, 15) is 4.79 Å². The lowest BCUT2D eigenvalue weighted by Crippen LogP contribution is -2.36. The molecule has 1 aromatic heterocycles. The maximum atomic E-state index is 10.6. The summed E-state index contributed by atoms with van der Waals surface area (Å²) in [6, 6.07) is 1.74. The van der Waals surface area contributed by atoms with Crippen LogP contribution in [-0.4, -0.2) is 11.1 Å². The summed E-state index contributed by atoms with van der Waals surface area (Å²) in [6.07, 6.45) is 2.16. The van der Waals surface area contributed by atoms with Crippen molar-refractivity contribution in [2.24, 2.45) is 5.73 Å². The molecule has 0 aliphatic heterocycles. The second-order valence-corrected chi connectivity index (χ2v) is 3.60. The molecule has 0 radical (unpaired) electrons. The van der Waals surface area contributed by atoms with Gasteiger partial charge in [-0.15, -0.1) is 0 Å². The van der Waals surface area contributed by atoms with Gasteiger partial charge in [0.1, 0.15) is 5.76 Å². The van der Waals surface area contributed by atoms with Crippen molar-refractivity contribution in [3.8, 4) is 0 Å². The molecule has 0 aliphatic carbocycles. The van der Waals surface area contributed by atoms with Gasteiger partial charge in [0.2, 0.25) is 0 Å². The topological polar surface area (TPSA) is 76.5 Å². The van der Waals surface area contributed by atoms with Crippen molar-refractivity contribution in [3.63, 3.8) is 0 Å². The number of nitrogens with two attached hydrogens (primary N) is 1. The Morgan fingerprint density at radius 3 is 2.86 bits per heavy atom. The van der Waals surface area contributed by atoms with Gasteiger partial charge in [0, 0.05) is 12.0 Å². The van der Waals surface area contributed by atoms with E-state index in [1.54, 1.807) is 19.3 Å². The van der Waals surface area contributed by atoms with Crippen LogP contribution in [0.25, 0.3) is 0 Å². The fraction of sp³-hybridized carbons (Fsp3) is 0.500. The summed E-state index contributed by atoms with van der Waals surface area (Å²) in [5.41, 5.74) is 5.84. The van der Waals surface area contributed by atoms with Gasteiger partial charge in [-0.25, -0.2) is 0 Å². The lowest BCUT2D eigenvalue weighted by atomic mass is 9.89. The Labute approximate surface area is 82.7 Å². The smallest absolute Gasteiger partial charge is 0.305 e. The molecule has 78 valence electrons. The Balaban J connectivity index is 2.96. The second kappa shape index (κ2) is 3.84. The zero-order valence-corrected chi connectivity index (χ0v) is 8.41. The van der Waals surface area contributed by atoms with Crippen molar-refractivity contribution in [1.29, 1.82) is 0 Å². The van der Waals surface area contributed by atoms with Crippen LogP contribution in [0.4, 0.5) is 0 Å². The van der Waals surface area contributed by atoms with Crippen molar-refractivity contribution in [2.45, 2.75) is 32.2 Å². The largest absolute Gasteiger partial charge is 0.481 e. The van der Waals surface area contributed by atoms with Crippen molar-refractivity contribution in [3.05, 3.63) is 23.7 Å². The fourth-order valence-electron chi connectivity index (χ4n) is 1.53. The van der Waals surface area contributed by atoms with Gasteiger partial charge in [0.05, 0.1) is 18.2 Å². The van der Waals surface area contributed by atoms with Crippen LogP contribution in [0.5, 0.6) is 0 Å². The Morgan fingerprint density at radius 2 is 2.36 bits per heavy atom. The van der Waals surface area contributed by atoms with E-state index in [2.05, 4.69) is 0 Å². The molecular formula is C10H15NO3. The van der Waals surface area contributed by atoms with E-state index in [1.165, 1.54) is 0 Å². The van der Waals surface area contributed by atoms with Crippen LogP contribution in [0, 0.1) is 0 Å². The zero-order valence-electron chi connectivity index (χ0n) is 8.41. The summed E-state index contributed by atoms with van der Waals surface area (Å²) in [4.78, 5) is 10.6. The second-order valence-electron chi connectivity index (χ2n) is 3.60. The third-order valence-electron chi connectivity index (χ3n) is 2.20. The molecule has 0 aliphatic rings. The lowest BCUT2D eigenvalue weighted by Gasteiger charge is -2.22. The number of aryl methyl sites for hydroxylation is 1. The molecule has 4 heteroatoms. The molecule has 14 heavy (non-hydrogen) atoms. The summed E-state index contributed by atoms with van der Waals surface area (Å²) >= 11 is 0. The third-order valence-corrected chi connectivity index (χ3v) is 2.20. The normalized spacial score (nSPS) is 15.1. The number of hydrogen-bond acceptors (Lipinski definition) is 3. The highest BCUT2D eigenvalue weighted by Gasteiger charge is 2.28. The summed E-state index contributed by atoms with van der Waals surface area (Å²) in [5.74, 6) is -0.144. The molecule has 0 saturated carbocycles. The number of carbonyl (C=O) groups is 1. The standard InChI is InChI=1S/C10H15NO3/c1-3-8-7(4-5-14-8)10(2,11)6-9(12)13/h4-5H,3,6,11H2,1-2H3,(H,12,13)/t10-/m1/s1. The van der Waals surface area contributed by atoms with E-state index < -0.39 is 11.5 Å². The molecule has 0 spiro atoms. The monoisotopic (exact) mass is 197 g/mol. The van der Waals surface area contributed by atoms with Gasteiger partial charge >= 0.3 is 5.97 Å². The van der Waals surface area contributed by atoms with E-state index in [1.807, 2.05) is 6.92 Å². The third kappa shape index (κ3) is 2.14. The van der Waals surface area contributed by atoms with Gasteiger partial charge in [0.25, 0.3) is 0 Å². The van der Waals surface area contributed by atoms with Gasteiger partial charge in [-0.2, -0.15) is 0 Å². The average Bonchev–Trinajstić information content (AvgIpc) is 2.48. The van der Waals surface area contributed by atoms with E-state index in [0.717, 1.165) is 17.7 Å². The quantitative estimate of drug-likeness (QED) is 0.766. The Bertz CT molecular complexity index is 328. The molecule has 1 aromatic rings. The van der Waals surface area contributed by atoms with Crippen molar-refractivity contribution in [1.82, 2.24) is 0 Å². The Morgan fingerprint density at radius 1 is 1.71 bits per heavy atom. The van der Waals surface area contributed by atoms with Crippen LogP contribution < -0.4 is 5.73 Å². The van der Waals surface area contributed by atoms with Crippen LogP contribution >= 0.6 is 0 Å². The molecule has 0 fully saturated rings. The van der Waals surface area contributed by atoms with Gasteiger partial charge < -0.3 is 15.3 Å². The predicted molar refractivity (Wildman–Crippen MR) is 51.9 cm³/mol. The van der Waals surface area contributed by atoms with E-state index in [0.29, 0.717) is 0 Å². The first-order chi connectivity index (χ1) is 6.47. The molecule has 3 N–H and O–H groups in total. The number of hydrogen-bond donors (Lipinski definition) is 2. The molecule has 0 bridgehead atoms. The maximum absolute atomic E-state index is 10.6. The molecule has 0 unspecified atom stereocenters. The van der Waals surface area contributed by atoms with E-state index in [4.69, 9.17) is 15.3 Å². The highest BCUT2D eigenvalue weighted by molar-refractivity contribution is 5.68. The fourth-order valence-corrected chi connectivity index (χ4v) is 1.53. The first kappa shape index (κ1) is 10.8. The molecule has 4 nitrogen and oxygen atoms in total. The van der Waals surface area contributed by atoms with Crippen LogP contribution in [0.2, 0.25) is 0 Å². The summed E-state index contributed by atoms with van der Waals surface area (Å²) in [7, 11) is 0. The van der Waals surface area contributed by atoms with E-state index >= 15 is 0 Å². The Kier molecular flexibility index (Phi) is 2.96. The summed E-state index contributed by atoms with van der Waals surface area (Å²) in [6.45, 7) is 3.64. The van der Waals surface area contributed by atoms with Gasteiger partial charge in [-0.3, -0.25) is 4.79 Å². The molecule has 0 aromatic carbocycles. The van der Waals surface area contributed by atoms with Crippen LogP contribution in [0.15, 0.2) is 16.7 Å². The predicted octanol–water partition coefficient (Wildman–Crippen LogP) is 1.49.